The van der Waals surface area contributed by atoms with Gasteiger partial charge in [0.1, 0.15) is 5.82 Å². The Kier molecular flexibility index (Phi) is 14.9. The summed E-state index contributed by atoms with van der Waals surface area (Å²) in [6.45, 7) is 6.22. The maximum absolute atomic E-state index is 11.2. The van der Waals surface area contributed by atoms with Crippen LogP contribution in [0.2, 0.25) is 0 Å². The molecule has 0 spiro atoms. The molecule has 1 aromatic heterocycles. The average molecular weight is 436 g/mol. The van der Waals surface area contributed by atoms with Gasteiger partial charge in [0, 0.05) is 19.3 Å². The van der Waals surface area contributed by atoms with Gasteiger partial charge >= 0.3 is 0 Å². The molecule has 0 saturated carbocycles. The fraction of sp³-hybridized carbons (Fsp3) is 0.368. The lowest BCUT2D eigenvalue weighted by molar-refractivity contribution is -0.120. The lowest BCUT2D eigenvalue weighted by atomic mass is 10.0. The Labute approximate surface area is 180 Å². The minimum absolute atomic E-state index is 0. The number of anilines is 1. The SMILES string of the molecule is CCN(CC)c1ccc(CCc2ccc(CC(=O)NN)cc2)cn1.Cl.Cl.Cl. The van der Waals surface area contributed by atoms with Crippen LogP contribution in [0, 0.1) is 0 Å². The Morgan fingerprint density at radius 1 is 0.926 bits per heavy atom. The van der Waals surface area contributed by atoms with E-state index in [9.17, 15) is 4.79 Å². The number of rotatable bonds is 8. The fourth-order valence-electron chi connectivity index (χ4n) is 2.65. The Balaban J connectivity index is 0. The quantitative estimate of drug-likeness (QED) is 0.378. The van der Waals surface area contributed by atoms with E-state index in [0.717, 1.165) is 37.3 Å². The summed E-state index contributed by atoms with van der Waals surface area (Å²) in [6.07, 6.45) is 4.19. The molecule has 0 radical (unpaired) electrons. The number of carbonyl (C=O) groups excluding carboxylic acids is 1. The lowest BCUT2D eigenvalue weighted by Gasteiger charge is -2.19. The van der Waals surface area contributed by atoms with Crippen molar-refractivity contribution in [2.24, 2.45) is 5.84 Å². The number of nitrogens with one attached hydrogen (secondary N) is 1. The minimum atomic E-state index is -0.179. The van der Waals surface area contributed by atoms with Crippen molar-refractivity contribution in [3.05, 3.63) is 59.3 Å². The third kappa shape index (κ3) is 8.80. The molecule has 27 heavy (non-hydrogen) atoms. The molecule has 8 heteroatoms. The van der Waals surface area contributed by atoms with Gasteiger partial charge in [-0.05, 0) is 49.4 Å². The zero-order valence-electron chi connectivity index (χ0n) is 15.7. The van der Waals surface area contributed by atoms with Gasteiger partial charge in [-0.3, -0.25) is 10.2 Å². The molecule has 0 atom stereocenters. The summed E-state index contributed by atoms with van der Waals surface area (Å²) in [5.74, 6) is 5.96. The molecule has 2 aromatic rings. The van der Waals surface area contributed by atoms with Crippen LogP contribution in [0.1, 0.15) is 30.5 Å². The highest BCUT2D eigenvalue weighted by Gasteiger charge is 2.04. The number of aryl methyl sites for hydroxylation is 2. The van der Waals surface area contributed by atoms with Crippen molar-refractivity contribution in [2.45, 2.75) is 33.1 Å². The van der Waals surface area contributed by atoms with Crippen LogP contribution in [-0.4, -0.2) is 24.0 Å². The van der Waals surface area contributed by atoms with E-state index in [1.807, 2.05) is 18.3 Å². The topological polar surface area (TPSA) is 71.2 Å². The highest BCUT2D eigenvalue weighted by Crippen LogP contribution is 2.13. The Bertz CT molecular complexity index is 647. The summed E-state index contributed by atoms with van der Waals surface area (Å²) in [7, 11) is 0. The normalized spacial score (nSPS) is 9.30. The Hall–Kier alpha value is -1.53. The van der Waals surface area contributed by atoms with Crippen molar-refractivity contribution in [1.82, 2.24) is 10.4 Å². The maximum Gasteiger partial charge on any atom is 0.238 e. The largest absolute Gasteiger partial charge is 0.357 e. The standard InChI is InChI=1S/C19H26N4O.3ClH/c1-3-23(4-2)18-12-11-17(14-21-18)10-7-15-5-8-16(9-6-15)13-19(24)22-20;;;/h5-6,8-9,11-12,14H,3-4,7,10,13,20H2,1-2H3,(H,22,24);3*1H. The van der Waals surface area contributed by atoms with Crippen LogP contribution in [0.4, 0.5) is 5.82 Å². The first-order chi connectivity index (χ1) is 11.7. The number of halogens is 3. The van der Waals surface area contributed by atoms with Crippen LogP contribution in [-0.2, 0) is 24.1 Å². The number of hydrazine groups is 1. The molecule has 2 rings (SSSR count). The van der Waals surface area contributed by atoms with E-state index >= 15 is 0 Å². The van der Waals surface area contributed by atoms with E-state index in [0.29, 0.717) is 6.42 Å². The zero-order chi connectivity index (χ0) is 17.4. The van der Waals surface area contributed by atoms with E-state index in [4.69, 9.17) is 5.84 Å². The number of nitrogens with two attached hydrogens (primary N) is 1. The summed E-state index contributed by atoms with van der Waals surface area (Å²) >= 11 is 0. The van der Waals surface area contributed by atoms with E-state index in [1.165, 1.54) is 11.1 Å². The molecule has 152 valence electrons. The molecule has 1 heterocycles. The molecular formula is C19H29Cl3N4O. The molecule has 0 aliphatic carbocycles. The number of aromatic nitrogens is 1. The minimum Gasteiger partial charge on any atom is -0.357 e. The summed E-state index contributed by atoms with van der Waals surface area (Å²) in [4.78, 5) is 18.0. The third-order valence-electron chi connectivity index (χ3n) is 4.15. The van der Waals surface area contributed by atoms with Crippen molar-refractivity contribution in [3.63, 3.8) is 0 Å². The van der Waals surface area contributed by atoms with E-state index in [2.05, 4.69) is 53.4 Å². The van der Waals surface area contributed by atoms with Crippen molar-refractivity contribution >= 4 is 48.9 Å². The first-order valence-electron chi connectivity index (χ1n) is 8.43. The van der Waals surface area contributed by atoms with Crippen LogP contribution in [0.25, 0.3) is 0 Å². The summed E-state index contributed by atoms with van der Waals surface area (Å²) in [5, 5.41) is 0. The number of nitrogens with zero attached hydrogens (tertiary/aromatic N) is 2. The van der Waals surface area contributed by atoms with Gasteiger partial charge in [-0.1, -0.05) is 30.3 Å². The molecule has 1 amide bonds. The Morgan fingerprint density at radius 3 is 1.93 bits per heavy atom. The molecule has 0 aliphatic rings. The van der Waals surface area contributed by atoms with Gasteiger partial charge < -0.3 is 4.90 Å². The van der Waals surface area contributed by atoms with Crippen molar-refractivity contribution < 1.29 is 4.79 Å². The summed E-state index contributed by atoms with van der Waals surface area (Å²) < 4.78 is 0. The molecular weight excluding hydrogens is 407 g/mol. The van der Waals surface area contributed by atoms with Crippen LogP contribution in [0.3, 0.4) is 0 Å². The lowest BCUT2D eigenvalue weighted by Crippen LogP contribution is -2.31. The highest BCUT2D eigenvalue weighted by atomic mass is 35.5. The second kappa shape index (κ2) is 14.5. The van der Waals surface area contributed by atoms with Crippen molar-refractivity contribution in [3.8, 4) is 0 Å². The van der Waals surface area contributed by atoms with Gasteiger partial charge in [-0.15, -0.1) is 37.2 Å². The number of carbonyl (C=O) groups is 1. The first kappa shape index (κ1) is 27.7. The predicted octanol–water partition coefficient (Wildman–Crippen LogP) is 3.51. The summed E-state index contributed by atoms with van der Waals surface area (Å²) in [6, 6.07) is 12.3. The second-order valence-corrected chi connectivity index (χ2v) is 5.76. The molecule has 3 N–H and O–H groups in total. The van der Waals surface area contributed by atoms with Crippen LogP contribution in [0.15, 0.2) is 42.6 Å². The van der Waals surface area contributed by atoms with E-state index < -0.39 is 0 Å². The van der Waals surface area contributed by atoms with Crippen LogP contribution >= 0.6 is 37.2 Å². The molecule has 0 bridgehead atoms. The highest BCUT2D eigenvalue weighted by molar-refractivity contribution is 5.86. The first-order valence-corrected chi connectivity index (χ1v) is 8.43. The van der Waals surface area contributed by atoms with Crippen LogP contribution in [0.5, 0.6) is 0 Å². The molecule has 0 saturated heterocycles. The Morgan fingerprint density at radius 2 is 1.44 bits per heavy atom. The average Bonchev–Trinajstić information content (AvgIpc) is 2.63. The molecule has 0 unspecified atom stereocenters. The fourth-order valence-corrected chi connectivity index (χ4v) is 2.65. The molecule has 0 aliphatic heterocycles. The van der Waals surface area contributed by atoms with Gasteiger partial charge in [0.2, 0.25) is 5.91 Å². The van der Waals surface area contributed by atoms with Gasteiger partial charge in [0.15, 0.2) is 0 Å². The monoisotopic (exact) mass is 434 g/mol. The number of hydrogen-bond acceptors (Lipinski definition) is 4. The maximum atomic E-state index is 11.2. The number of pyridine rings is 1. The van der Waals surface area contributed by atoms with Gasteiger partial charge in [-0.2, -0.15) is 0 Å². The smallest absolute Gasteiger partial charge is 0.238 e. The van der Waals surface area contributed by atoms with Crippen molar-refractivity contribution in [1.29, 1.82) is 0 Å². The second-order valence-electron chi connectivity index (χ2n) is 5.76. The number of benzene rings is 1. The van der Waals surface area contributed by atoms with Gasteiger partial charge in [-0.25, -0.2) is 10.8 Å². The van der Waals surface area contributed by atoms with E-state index in [1.54, 1.807) is 0 Å². The predicted molar refractivity (Wildman–Crippen MR) is 119 cm³/mol. The molecule has 5 nitrogen and oxygen atoms in total. The zero-order valence-corrected chi connectivity index (χ0v) is 18.1. The van der Waals surface area contributed by atoms with Crippen molar-refractivity contribution in [2.75, 3.05) is 18.0 Å². The molecule has 1 aromatic carbocycles. The van der Waals surface area contributed by atoms with Gasteiger partial charge in [0.05, 0.1) is 6.42 Å². The number of amides is 1. The summed E-state index contributed by atoms with van der Waals surface area (Å²) in [5.41, 5.74) is 5.59. The van der Waals surface area contributed by atoms with Gasteiger partial charge in [0.25, 0.3) is 0 Å². The van der Waals surface area contributed by atoms with Crippen LogP contribution < -0.4 is 16.2 Å². The van der Waals surface area contributed by atoms with E-state index in [-0.39, 0.29) is 43.1 Å². The number of hydrogen-bond donors (Lipinski definition) is 2. The third-order valence-corrected chi connectivity index (χ3v) is 4.15. The molecule has 0 fully saturated rings.